The molecule has 2 heteroatoms. The summed E-state index contributed by atoms with van der Waals surface area (Å²) in [6.07, 6.45) is 3.89. The zero-order chi connectivity index (χ0) is 13.8. The maximum atomic E-state index is 9.95. The Hall–Kier alpha value is -2.22. The van der Waals surface area contributed by atoms with Crippen molar-refractivity contribution in [2.24, 2.45) is 0 Å². The molecule has 0 amide bonds. The van der Waals surface area contributed by atoms with E-state index in [2.05, 4.69) is 0 Å². The van der Waals surface area contributed by atoms with Crippen LogP contribution in [0.3, 0.4) is 0 Å². The highest BCUT2D eigenvalue weighted by molar-refractivity contribution is 5.73. The van der Waals surface area contributed by atoms with Crippen molar-refractivity contribution in [2.45, 2.75) is 19.8 Å². The molecule has 0 aromatic heterocycles. The van der Waals surface area contributed by atoms with E-state index in [9.17, 15) is 10.2 Å². The van der Waals surface area contributed by atoms with Gasteiger partial charge in [-0.15, -0.1) is 0 Å². The van der Waals surface area contributed by atoms with Crippen molar-refractivity contribution in [1.82, 2.24) is 0 Å². The van der Waals surface area contributed by atoms with Gasteiger partial charge in [0.05, 0.1) is 0 Å². The SMILES string of the molecule is CC(C)c1c(O)cc(O)cc1/C=C/c1ccccc1. The van der Waals surface area contributed by atoms with Crippen molar-refractivity contribution in [3.63, 3.8) is 0 Å². The van der Waals surface area contributed by atoms with Gasteiger partial charge in [-0.05, 0) is 23.1 Å². The molecule has 2 rings (SSSR count). The van der Waals surface area contributed by atoms with E-state index in [4.69, 9.17) is 0 Å². The molecule has 0 aliphatic carbocycles. The third kappa shape index (κ3) is 3.16. The summed E-state index contributed by atoms with van der Waals surface area (Å²) < 4.78 is 0. The molecule has 98 valence electrons. The number of phenols is 2. The predicted octanol–water partition coefficient (Wildman–Crippen LogP) is 4.39. The van der Waals surface area contributed by atoms with Crippen LogP contribution < -0.4 is 0 Å². The number of aromatic hydroxyl groups is 2. The Morgan fingerprint density at radius 3 is 2.26 bits per heavy atom. The average Bonchev–Trinajstić information content (AvgIpc) is 2.36. The standard InChI is InChI=1S/C17H18O2/c1-12(2)17-14(10-15(18)11-16(17)19)9-8-13-6-4-3-5-7-13/h3-12,18-19H,1-2H3/b9-8+. The first-order valence-electron chi connectivity index (χ1n) is 6.37. The van der Waals surface area contributed by atoms with Gasteiger partial charge < -0.3 is 10.2 Å². The van der Waals surface area contributed by atoms with E-state index in [0.717, 1.165) is 16.7 Å². The molecule has 0 aliphatic rings. The van der Waals surface area contributed by atoms with E-state index in [-0.39, 0.29) is 17.4 Å². The zero-order valence-electron chi connectivity index (χ0n) is 11.2. The molecule has 0 aliphatic heterocycles. The van der Waals surface area contributed by atoms with Crippen LogP contribution >= 0.6 is 0 Å². The summed E-state index contributed by atoms with van der Waals surface area (Å²) >= 11 is 0. The molecule has 0 bridgehead atoms. The molecule has 0 spiro atoms. The minimum atomic E-state index is 0.0783. The molecule has 2 nitrogen and oxygen atoms in total. The van der Waals surface area contributed by atoms with E-state index in [1.807, 2.05) is 56.3 Å². The topological polar surface area (TPSA) is 40.5 Å². The van der Waals surface area contributed by atoms with Crippen LogP contribution in [0.15, 0.2) is 42.5 Å². The molecule has 0 unspecified atom stereocenters. The number of rotatable bonds is 3. The van der Waals surface area contributed by atoms with Crippen LogP contribution in [0.2, 0.25) is 0 Å². The molecular weight excluding hydrogens is 236 g/mol. The Morgan fingerprint density at radius 2 is 1.63 bits per heavy atom. The summed E-state index contributed by atoms with van der Waals surface area (Å²) in [4.78, 5) is 0. The van der Waals surface area contributed by atoms with Crippen LogP contribution in [0.5, 0.6) is 11.5 Å². The Balaban J connectivity index is 2.42. The maximum Gasteiger partial charge on any atom is 0.123 e. The lowest BCUT2D eigenvalue weighted by atomic mass is 9.95. The van der Waals surface area contributed by atoms with Crippen LogP contribution in [0, 0.1) is 0 Å². The normalized spacial score (nSPS) is 11.3. The largest absolute Gasteiger partial charge is 0.508 e. The lowest BCUT2D eigenvalue weighted by molar-refractivity contribution is 0.443. The number of phenolic OH excluding ortho intramolecular Hbond substituents is 2. The molecule has 0 saturated carbocycles. The van der Waals surface area contributed by atoms with E-state index < -0.39 is 0 Å². The zero-order valence-corrected chi connectivity index (χ0v) is 11.2. The summed E-state index contributed by atoms with van der Waals surface area (Å²) in [7, 11) is 0. The summed E-state index contributed by atoms with van der Waals surface area (Å²) in [6.45, 7) is 4.04. The maximum absolute atomic E-state index is 9.95. The fourth-order valence-corrected chi connectivity index (χ4v) is 2.16. The van der Waals surface area contributed by atoms with Gasteiger partial charge >= 0.3 is 0 Å². The summed E-state index contributed by atoms with van der Waals surface area (Å²) in [6, 6.07) is 13.0. The van der Waals surface area contributed by atoms with Crippen LogP contribution in [-0.2, 0) is 0 Å². The third-order valence-corrected chi connectivity index (χ3v) is 3.01. The number of hydrogen-bond donors (Lipinski definition) is 2. The number of hydrogen-bond acceptors (Lipinski definition) is 2. The second-order valence-corrected chi connectivity index (χ2v) is 4.87. The molecule has 0 fully saturated rings. The minimum Gasteiger partial charge on any atom is -0.508 e. The lowest BCUT2D eigenvalue weighted by Crippen LogP contribution is -1.92. The van der Waals surface area contributed by atoms with Crippen molar-refractivity contribution in [1.29, 1.82) is 0 Å². The van der Waals surface area contributed by atoms with Crippen molar-refractivity contribution < 1.29 is 10.2 Å². The third-order valence-electron chi connectivity index (χ3n) is 3.01. The van der Waals surface area contributed by atoms with Crippen molar-refractivity contribution in [3.8, 4) is 11.5 Å². The second kappa shape index (κ2) is 5.61. The van der Waals surface area contributed by atoms with Gasteiger partial charge in [0.25, 0.3) is 0 Å². The molecule has 2 N–H and O–H groups in total. The first kappa shape index (κ1) is 13.2. The van der Waals surface area contributed by atoms with Crippen LogP contribution in [0.25, 0.3) is 12.2 Å². The van der Waals surface area contributed by atoms with E-state index >= 15 is 0 Å². The van der Waals surface area contributed by atoms with Gasteiger partial charge in [0.1, 0.15) is 11.5 Å². The van der Waals surface area contributed by atoms with Gasteiger partial charge in [-0.2, -0.15) is 0 Å². The fourth-order valence-electron chi connectivity index (χ4n) is 2.16. The van der Waals surface area contributed by atoms with E-state index in [1.165, 1.54) is 6.07 Å². The molecule has 2 aromatic rings. The number of benzene rings is 2. The van der Waals surface area contributed by atoms with Gasteiger partial charge in [-0.1, -0.05) is 56.3 Å². The summed E-state index contributed by atoms with van der Waals surface area (Å²) in [5, 5.41) is 19.5. The van der Waals surface area contributed by atoms with Crippen molar-refractivity contribution >= 4 is 12.2 Å². The highest BCUT2D eigenvalue weighted by Gasteiger charge is 2.11. The van der Waals surface area contributed by atoms with Gasteiger partial charge in [0, 0.05) is 11.6 Å². The van der Waals surface area contributed by atoms with Crippen LogP contribution in [-0.4, -0.2) is 10.2 Å². The molecule has 2 aromatic carbocycles. The van der Waals surface area contributed by atoms with Crippen molar-refractivity contribution in [3.05, 3.63) is 59.2 Å². The first-order valence-corrected chi connectivity index (χ1v) is 6.37. The minimum absolute atomic E-state index is 0.0783. The van der Waals surface area contributed by atoms with Crippen molar-refractivity contribution in [2.75, 3.05) is 0 Å². The van der Waals surface area contributed by atoms with E-state index in [1.54, 1.807) is 6.07 Å². The molecule has 0 saturated heterocycles. The lowest BCUT2D eigenvalue weighted by Gasteiger charge is -2.12. The quantitative estimate of drug-likeness (QED) is 0.797. The highest BCUT2D eigenvalue weighted by atomic mass is 16.3. The van der Waals surface area contributed by atoms with Gasteiger partial charge in [-0.25, -0.2) is 0 Å². The molecule has 0 atom stereocenters. The molecule has 19 heavy (non-hydrogen) atoms. The van der Waals surface area contributed by atoms with E-state index in [0.29, 0.717) is 0 Å². The Kier molecular flexibility index (Phi) is 3.91. The average molecular weight is 254 g/mol. The van der Waals surface area contributed by atoms with Gasteiger partial charge in [-0.3, -0.25) is 0 Å². The predicted molar refractivity (Wildman–Crippen MR) is 79.2 cm³/mol. The van der Waals surface area contributed by atoms with Crippen LogP contribution in [0.1, 0.15) is 36.5 Å². The Bertz CT molecular complexity index is 584. The summed E-state index contributed by atoms with van der Waals surface area (Å²) in [5.41, 5.74) is 2.78. The van der Waals surface area contributed by atoms with Gasteiger partial charge in [0.15, 0.2) is 0 Å². The molecule has 0 radical (unpaired) electrons. The Labute approximate surface area is 113 Å². The molecular formula is C17H18O2. The second-order valence-electron chi connectivity index (χ2n) is 4.87. The Morgan fingerprint density at radius 1 is 0.947 bits per heavy atom. The van der Waals surface area contributed by atoms with Gasteiger partial charge in [0.2, 0.25) is 0 Å². The summed E-state index contributed by atoms with van der Waals surface area (Å²) in [5.74, 6) is 0.411. The first-order chi connectivity index (χ1) is 9.08. The highest BCUT2D eigenvalue weighted by Crippen LogP contribution is 2.33. The molecule has 0 heterocycles. The monoisotopic (exact) mass is 254 g/mol. The smallest absolute Gasteiger partial charge is 0.123 e. The van der Waals surface area contributed by atoms with Crippen LogP contribution in [0.4, 0.5) is 0 Å². The fraction of sp³-hybridized carbons (Fsp3) is 0.176.